The van der Waals surface area contributed by atoms with E-state index in [1.165, 1.54) is 0 Å². The molecule has 7 nitrogen and oxygen atoms in total. The van der Waals surface area contributed by atoms with Crippen molar-refractivity contribution in [2.75, 3.05) is 6.54 Å². The number of halogens is 1. The van der Waals surface area contributed by atoms with Crippen LogP contribution in [0.25, 0.3) is 11.4 Å². The number of hydrogen-bond donors (Lipinski definition) is 1. The van der Waals surface area contributed by atoms with Crippen molar-refractivity contribution >= 4 is 17.5 Å². The zero-order valence-corrected chi connectivity index (χ0v) is 15.5. The fourth-order valence-electron chi connectivity index (χ4n) is 3.20. The molecule has 0 radical (unpaired) electrons. The van der Waals surface area contributed by atoms with Gasteiger partial charge in [-0.1, -0.05) is 41.9 Å². The Labute approximate surface area is 160 Å². The van der Waals surface area contributed by atoms with Crippen molar-refractivity contribution in [2.24, 2.45) is 0 Å². The Morgan fingerprint density at radius 1 is 1.30 bits per heavy atom. The van der Waals surface area contributed by atoms with Crippen LogP contribution in [0, 0.1) is 0 Å². The molecule has 2 aromatic heterocycles. The molecule has 1 N–H and O–H groups in total. The van der Waals surface area contributed by atoms with E-state index in [4.69, 9.17) is 11.6 Å². The van der Waals surface area contributed by atoms with Gasteiger partial charge in [0, 0.05) is 30.4 Å². The summed E-state index contributed by atoms with van der Waals surface area (Å²) < 4.78 is 1.63. The lowest BCUT2D eigenvalue weighted by Gasteiger charge is -2.27. The standard InChI is InChI=1S/C19H18ClN5O2/c1-2-25-10-14(20)16(23-25)19(27)24-9-8-13-15(11-24)21-17(22-18(13)26)12-6-4-3-5-7-12/h3-7,10H,2,8-9,11H2,1H3,(H,21,22,26). The molecule has 0 atom stereocenters. The van der Waals surface area contributed by atoms with Crippen LogP contribution >= 0.6 is 11.6 Å². The number of amides is 1. The maximum atomic E-state index is 12.9. The molecule has 0 unspecified atom stereocenters. The van der Waals surface area contributed by atoms with E-state index in [1.54, 1.807) is 15.8 Å². The second-order valence-electron chi connectivity index (χ2n) is 6.36. The molecule has 4 rings (SSSR count). The van der Waals surface area contributed by atoms with Gasteiger partial charge in [-0.05, 0) is 13.3 Å². The highest BCUT2D eigenvalue weighted by atomic mass is 35.5. The molecule has 0 saturated carbocycles. The van der Waals surface area contributed by atoms with Gasteiger partial charge in [-0.2, -0.15) is 5.10 Å². The first kappa shape index (κ1) is 17.5. The monoisotopic (exact) mass is 383 g/mol. The minimum atomic E-state index is -0.249. The molecule has 1 aliphatic rings. The van der Waals surface area contributed by atoms with Gasteiger partial charge in [-0.25, -0.2) is 4.98 Å². The molecule has 0 aliphatic carbocycles. The third kappa shape index (κ3) is 3.26. The fraction of sp³-hybridized carbons (Fsp3) is 0.263. The number of rotatable bonds is 3. The van der Waals surface area contributed by atoms with Gasteiger partial charge < -0.3 is 9.88 Å². The molecular formula is C19H18ClN5O2. The summed E-state index contributed by atoms with van der Waals surface area (Å²) in [7, 11) is 0. The largest absolute Gasteiger partial charge is 0.331 e. The number of aromatic nitrogens is 4. The lowest BCUT2D eigenvalue weighted by molar-refractivity contribution is 0.0724. The van der Waals surface area contributed by atoms with Crippen LogP contribution in [0.5, 0.6) is 0 Å². The van der Waals surface area contributed by atoms with E-state index >= 15 is 0 Å². The predicted octanol–water partition coefficient (Wildman–Crippen LogP) is 2.51. The Hall–Kier alpha value is -2.93. The zero-order valence-electron chi connectivity index (χ0n) is 14.8. The van der Waals surface area contributed by atoms with E-state index in [0.29, 0.717) is 41.6 Å². The van der Waals surface area contributed by atoms with Crippen molar-refractivity contribution in [3.8, 4) is 11.4 Å². The zero-order chi connectivity index (χ0) is 19.0. The molecule has 1 aliphatic heterocycles. The Kier molecular flexibility index (Phi) is 4.53. The van der Waals surface area contributed by atoms with Crippen molar-refractivity contribution in [2.45, 2.75) is 26.4 Å². The molecule has 3 aromatic rings. The number of carbonyl (C=O) groups excluding carboxylic acids is 1. The Morgan fingerprint density at radius 3 is 2.78 bits per heavy atom. The molecule has 0 bridgehead atoms. The van der Waals surface area contributed by atoms with Crippen molar-refractivity contribution < 1.29 is 4.79 Å². The molecule has 138 valence electrons. The highest BCUT2D eigenvalue weighted by Crippen LogP contribution is 2.22. The summed E-state index contributed by atoms with van der Waals surface area (Å²) in [6.07, 6.45) is 2.09. The number of benzene rings is 1. The van der Waals surface area contributed by atoms with Crippen LogP contribution in [0.15, 0.2) is 41.3 Å². The number of hydrogen-bond acceptors (Lipinski definition) is 4. The maximum absolute atomic E-state index is 12.9. The Bertz CT molecular complexity index is 1060. The first-order chi connectivity index (χ1) is 13.1. The third-order valence-corrected chi connectivity index (χ3v) is 4.93. The number of aromatic amines is 1. The van der Waals surface area contributed by atoms with Gasteiger partial charge in [0.25, 0.3) is 11.5 Å². The summed E-state index contributed by atoms with van der Waals surface area (Å²) in [4.78, 5) is 34.4. The van der Waals surface area contributed by atoms with Crippen LogP contribution in [0.4, 0.5) is 0 Å². The number of H-pyrrole nitrogens is 1. The minimum Gasteiger partial charge on any atom is -0.331 e. The normalized spacial score (nSPS) is 13.5. The third-order valence-electron chi connectivity index (χ3n) is 4.65. The van der Waals surface area contributed by atoms with Gasteiger partial charge in [0.15, 0.2) is 5.69 Å². The molecule has 1 aromatic carbocycles. The SMILES string of the molecule is CCn1cc(Cl)c(C(=O)N2CCc3c(nc(-c4ccccc4)[nH]c3=O)C2)n1. The van der Waals surface area contributed by atoms with Crippen molar-refractivity contribution in [3.63, 3.8) is 0 Å². The van der Waals surface area contributed by atoms with Crippen LogP contribution in [-0.4, -0.2) is 37.1 Å². The van der Waals surface area contributed by atoms with Gasteiger partial charge >= 0.3 is 0 Å². The Morgan fingerprint density at radius 2 is 2.07 bits per heavy atom. The minimum absolute atomic E-state index is 0.153. The van der Waals surface area contributed by atoms with E-state index in [0.717, 1.165) is 5.56 Å². The van der Waals surface area contributed by atoms with Crippen LogP contribution in [-0.2, 0) is 19.5 Å². The average molecular weight is 384 g/mol. The Balaban J connectivity index is 1.66. The number of nitrogens with zero attached hydrogens (tertiary/aromatic N) is 4. The van der Waals surface area contributed by atoms with E-state index in [9.17, 15) is 9.59 Å². The molecule has 8 heteroatoms. The van der Waals surface area contributed by atoms with Crippen molar-refractivity contribution in [3.05, 3.63) is 68.9 Å². The average Bonchev–Trinajstić information content (AvgIpc) is 3.08. The van der Waals surface area contributed by atoms with Gasteiger partial charge in [-0.3, -0.25) is 14.3 Å². The summed E-state index contributed by atoms with van der Waals surface area (Å²) in [5.41, 5.74) is 2.15. The van der Waals surface area contributed by atoms with E-state index < -0.39 is 0 Å². The van der Waals surface area contributed by atoms with Crippen LogP contribution < -0.4 is 5.56 Å². The van der Waals surface area contributed by atoms with Gasteiger partial charge in [-0.15, -0.1) is 0 Å². The van der Waals surface area contributed by atoms with Gasteiger partial charge in [0.05, 0.1) is 17.3 Å². The first-order valence-electron chi connectivity index (χ1n) is 8.76. The maximum Gasteiger partial charge on any atom is 0.276 e. The fourth-order valence-corrected chi connectivity index (χ4v) is 3.43. The summed E-state index contributed by atoms with van der Waals surface area (Å²) in [5.74, 6) is 0.253. The molecule has 0 saturated heterocycles. The van der Waals surface area contributed by atoms with Crippen LogP contribution in [0.3, 0.4) is 0 Å². The predicted molar refractivity (Wildman–Crippen MR) is 102 cm³/mol. The summed E-state index contributed by atoms with van der Waals surface area (Å²) in [6.45, 7) is 3.24. The summed E-state index contributed by atoms with van der Waals surface area (Å²) in [6, 6.07) is 9.44. The molecule has 3 heterocycles. The van der Waals surface area contributed by atoms with Crippen molar-refractivity contribution in [1.82, 2.24) is 24.6 Å². The number of fused-ring (bicyclic) bond motifs is 1. The van der Waals surface area contributed by atoms with Crippen LogP contribution in [0.1, 0.15) is 28.7 Å². The highest BCUT2D eigenvalue weighted by molar-refractivity contribution is 6.33. The summed E-state index contributed by atoms with van der Waals surface area (Å²) in [5, 5.41) is 4.58. The molecule has 27 heavy (non-hydrogen) atoms. The quantitative estimate of drug-likeness (QED) is 0.753. The van der Waals surface area contributed by atoms with E-state index in [2.05, 4.69) is 15.1 Å². The lowest BCUT2D eigenvalue weighted by atomic mass is 10.1. The number of carbonyl (C=O) groups is 1. The highest BCUT2D eigenvalue weighted by Gasteiger charge is 2.28. The van der Waals surface area contributed by atoms with Gasteiger partial charge in [0.2, 0.25) is 0 Å². The van der Waals surface area contributed by atoms with E-state index in [1.807, 2.05) is 37.3 Å². The molecule has 0 spiro atoms. The van der Waals surface area contributed by atoms with Crippen LogP contribution in [0.2, 0.25) is 5.02 Å². The molecule has 1 amide bonds. The number of aryl methyl sites for hydroxylation is 1. The topological polar surface area (TPSA) is 83.9 Å². The molecule has 0 fully saturated rings. The van der Waals surface area contributed by atoms with Gasteiger partial charge in [0.1, 0.15) is 5.82 Å². The number of nitrogens with one attached hydrogen (secondary N) is 1. The van der Waals surface area contributed by atoms with E-state index in [-0.39, 0.29) is 23.7 Å². The smallest absolute Gasteiger partial charge is 0.276 e. The summed E-state index contributed by atoms with van der Waals surface area (Å²) >= 11 is 6.17. The second kappa shape index (κ2) is 7.00. The molecular weight excluding hydrogens is 366 g/mol. The first-order valence-corrected chi connectivity index (χ1v) is 9.14. The lowest BCUT2D eigenvalue weighted by Crippen LogP contribution is -2.39. The second-order valence-corrected chi connectivity index (χ2v) is 6.77. The van der Waals surface area contributed by atoms with Crippen molar-refractivity contribution in [1.29, 1.82) is 0 Å².